The first-order chi connectivity index (χ1) is 13.6. The van der Waals surface area contributed by atoms with Crippen molar-refractivity contribution < 1.29 is 9.53 Å². The third-order valence-electron chi connectivity index (χ3n) is 4.56. The third kappa shape index (κ3) is 3.79. The number of H-pyrrole nitrogens is 1. The molecule has 1 aliphatic rings. The Hall–Kier alpha value is -2.70. The number of aromatic nitrogens is 2. The molecule has 2 amide bonds. The highest BCUT2D eigenvalue weighted by atomic mass is 35.5. The van der Waals surface area contributed by atoms with Crippen molar-refractivity contribution in [2.75, 3.05) is 17.7 Å². The van der Waals surface area contributed by atoms with Gasteiger partial charge in [0.25, 0.3) is 0 Å². The van der Waals surface area contributed by atoms with Gasteiger partial charge in [0, 0.05) is 11.5 Å². The van der Waals surface area contributed by atoms with Gasteiger partial charge in [0.2, 0.25) is 0 Å². The van der Waals surface area contributed by atoms with Crippen LogP contribution < -0.4 is 15.4 Å². The van der Waals surface area contributed by atoms with Crippen LogP contribution in [0.15, 0.2) is 42.5 Å². The number of carbonyl (C=O) groups excluding carboxylic acids is 1. The second-order valence-electron chi connectivity index (χ2n) is 6.55. The molecule has 1 saturated carbocycles. The number of anilines is 2. The highest BCUT2D eigenvalue weighted by Crippen LogP contribution is 2.45. The van der Waals surface area contributed by atoms with Gasteiger partial charge in [-0.1, -0.05) is 41.4 Å². The molecule has 0 unspecified atom stereocenters. The number of carbonyl (C=O) groups is 1. The number of halogens is 2. The van der Waals surface area contributed by atoms with Gasteiger partial charge in [-0.25, -0.2) is 4.79 Å². The Balaban J connectivity index is 1.63. The van der Waals surface area contributed by atoms with Crippen LogP contribution in [0.3, 0.4) is 0 Å². The zero-order valence-electron chi connectivity index (χ0n) is 15.1. The maximum Gasteiger partial charge on any atom is 0.323 e. The van der Waals surface area contributed by atoms with Crippen LogP contribution in [0.1, 0.15) is 24.5 Å². The molecule has 0 radical (unpaired) electrons. The van der Waals surface area contributed by atoms with Crippen molar-refractivity contribution >= 4 is 40.6 Å². The van der Waals surface area contributed by atoms with E-state index in [0.29, 0.717) is 33.0 Å². The summed E-state index contributed by atoms with van der Waals surface area (Å²) in [5, 5.41) is 13.9. The van der Waals surface area contributed by atoms with Crippen molar-refractivity contribution in [1.82, 2.24) is 10.2 Å². The van der Waals surface area contributed by atoms with Crippen LogP contribution in [0, 0.1) is 0 Å². The first kappa shape index (κ1) is 18.7. The van der Waals surface area contributed by atoms with Crippen LogP contribution in [0.2, 0.25) is 10.0 Å². The normalized spacial score (nSPS) is 13.2. The lowest BCUT2D eigenvalue weighted by Gasteiger charge is -2.11. The number of amides is 2. The number of methoxy groups -OCH3 is 1. The third-order valence-corrected chi connectivity index (χ3v) is 5.38. The van der Waals surface area contributed by atoms with Gasteiger partial charge in [-0.2, -0.15) is 5.10 Å². The summed E-state index contributed by atoms with van der Waals surface area (Å²) >= 11 is 12.2. The van der Waals surface area contributed by atoms with Crippen molar-refractivity contribution in [3.05, 3.63) is 58.2 Å². The first-order valence-electron chi connectivity index (χ1n) is 8.81. The van der Waals surface area contributed by atoms with E-state index in [-0.39, 0.29) is 0 Å². The predicted molar refractivity (Wildman–Crippen MR) is 112 cm³/mol. The summed E-state index contributed by atoms with van der Waals surface area (Å²) in [5.74, 6) is 1.09. The Morgan fingerprint density at radius 3 is 2.71 bits per heavy atom. The standard InChI is InChI=1S/C20H18Cl2N4O2/c1-28-13-5-2-4-12(10-13)18-19(17(25-26-18)11-8-9-11)24-20(27)23-15-7-3-6-14(21)16(15)22/h2-7,10-11H,8-9H2,1H3,(H,25,26)(H2,23,24,27). The lowest BCUT2D eigenvalue weighted by molar-refractivity contribution is 0.262. The molecular weight excluding hydrogens is 399 g/mol. The summed E-state index contributed by atoms with van der Waals surface area (Å²) in [6, 6.07) is 12.2. The molecule has 0 aliphatic heterocycles. The van der Waals surface area contributed by atoms with Crippen LogP contribution in [0.4, 0.5) is 16.2 Å². The van der Waals surface area contributed by atoms with Crippen LogP contribution in [0.25, 0.3) is 11.3 Å². The number of hydrogen-bond acceptors (Lipinski definition) is 3. The molecule has 1 heterocycles. The smallest absolute Gasteiger partial charge is 0.323 e. The van der Waals surface area contributed by atoms with Crippen LogP contribution >= 0.6 is 23.2 Å². The van der Waals surface area contributed by atoms with Gasteiger partial charge >= 0.3 is 6.03 Å². The van der Waals surface area contributed by atoms with Crippen molar-refractivity contribution in [1.29, 1.82) is 0 Å². The van der Waals surface area contributed by atoms with Gasteiger partial charge in [-0.15, -0.1) is 0 Å². The van der Waals surface area contributed by atoms with Gasteiger partial charge in [0.15, 0.2) is 0 Å². The molecule has 0 bridgehead atoms. The molecule has 28 heavy (non-hydrogen) atoms. The van der Waals surface area contributed by atoms with E-state index in [1.165, 1.54) is 0 Å². The summed E-state index contributed by atoms with van der Waals surface area (Å²) in [5.41, 5.74) is 3.52. The molecule has 1 aromatic heterocycles. The number of nitrogens with zero attached hydrogens (tertiary/aromatic N) is 1. The van der Waals surface area contributed by atoms with Gasteiger partial charge < -0.3 is 15.4 Å². The molecule has 0 atom stereocenters. The number of hydrogen-bond donors (Lipinski definition) is 3. The molecule has 0 spiro atoms. The van der Waals surface area contributed by atoms with Gasteiger partial charge in [-0.05, 0) is 37.1 Å². The highest BCUT2D eigenvalue weighted by Gasteiger charge is 2.31. The minimum absolute atomic E-state index is 0.293. The summed E-state index contributed by atoms with van der Waals surface area (Å²) in [6.45, 7) is 0. The molecule has 2 aromatic carbocycles. The van der Waals surface area contributed by atoms with Gasteiger partial charge in [0.05, 0.1) is 34.2 Å². The minimum atomic E-state index is -0.420. The molecule has 144 valence electrons. The fourth-order valence-corrected chi connectivity index (χ4v) is 3.34. The number of aromatic amines is 1. The zero-order valence-corrected chi connectivity index (χ0v) is 16.6. The van der Waals surface area contributed by atoms with E-state index in [0.717, 1.165) is 29.8 Å². The summed E-state index contributed by atoms with van der Waals surface area (Å²) in [4.78, 5) is 12.7. The van der Waals surface area contributed by atoms with Gasteiger partial charge in [0.1, 0.15) is 11.4 Å². The Kier molecular flexibility index (Phi) is 5.15. The molecule has 3 aromatic rings. The van der Waals surface area contributed by atoms with Crippen LogP contribution in [0.5, 0.6) is 5.75 Å². The molecule has 4 rings (SSSR count). The lowest BCUT2D eigenvalue weighted by atomic mass is 10.1. The van der Waals surface area contributed by atoms with E-state index in [1.807, 2.05) is 24.3 Å². The molecular formula is C20H18Cl2N4O2. The van der Waals surface area contributed by atoms with Crippen LogP contribution in [-0.4, -0.2) is 23.3 Å². The summed E-state index contributed by atoms with van der Waals surface area (Å²) in [6.07, 6.45) is 2.13. The van der Waals surface area contributed by atoms with Crippen molar-refractivity contribution in [2.45, 2.75) is 18.8 Å². The van der Waals surface area contributed by atoms with E-state index in [9.17, 15) is 4.79 Å². The van der Waals surface area contributed by atoms with Crippen LogP contribution in [-0.2, 0) is 0 Å². The van der Waals surface area contributed by atoms with Crippen molar-refractivity contribution in [3.8, 4) is 17.0 Å². The molecule has 1 aliphatic carbocycles. The van der Waals surface area contributed by atoms with E-state index in [2.05, 4.69) is 20.8 Å². The SMILES string of the molecule is COc1cccc(-c2n[nH]c(C3CC3)c2NC(=O)Nc2cccc(Cl)c2Cl)c1. The van der Waals surface area contributed by atoms with E-state index >= 15 is 0 Å². The monoisotopic (exact) mass is 416 g/mol. The highest BCUT2D eigenvalue weighted by molar-refractivity contribution is 6.44. The Morgan fingerprint density at radius 2 is 1.96 bits per heavy atom. The summed E-state index contributed by atoms with van der Waals surface area (Å²) in [7, 11) is 1.61. The predicted octanol–water partition coefficient (Wildman–Crippen LogP) is 5.91. The number of benzene rings is 2. The quantitative estimate of drug-likeness (QED) is 0.483. The second-order valence-corrected chi connectivity index (χ2v) is 7.33. The Bertz CT molecular complexity index is 1030. The van der Waals surface area contributed by atoms with Gasteiger partial charge in [-0.3, -0.25) is 5.10 Å². The summed E-state index contributed by atoms with van der Waals surface area (Å²) < 4.78 is 5.30. The molecule has 0 saturated heterocycles. The van der Waals surface area contributed by atoms with E-state index < -0.39 is 6.03 Å². The van der Waals surface area contributed by atoms with E-state index in [4.69, 9.17) is 27.9 Å². The lowest BCUT2D eigenvalue weighted by Crippen LogP contribution is -2.20. The van der Waals surface area contributed by atoms with Crippen molar-refractivity contribution in [2.24, 2.45) is 0 Å². The first-order valence-corrected chi connectivity index (χ1v) is 9.57. The fourth-order valence-electron chi connectivity index (χ4n) is 3.00. The fraction of sp³-hybridized carbons (Fsp3) is 0.200. The minimum Gasteiger partial charge on any atom is -0.497 e. The topological polar surface area (TPSA) is 79.0 Å². The number of nitrogens with one attached hydrogen (secondary N) is 3. The number of ether oxygens (including phenoxy) is 1. The zero-order chi connectivity index (χ0) is 19.7. The maximum atomic E-state index is 12.7. The second kappa shape index (κ2) is 7.73. The van der Waals surface area contributed by atoms with Crippen molar-refractivity contribution in [3.63, 3.8) is 0 Å². The number of rotatable bonds is 5. The molecule has 6 nitrogen and oxygen atoms in total. The maximum absolute atomic E-state index is 12.7. The average Bonchev–Trinajstić information content (AvgIpc) is 3.46. The molecule has 8 heteroatoms. The number of urea groups is 1. The molecule has 1 fully saturated rings. The molecule has 3 N–H and O–H groups in total. The largest absolute Gasteiger partial charge is 0.497 e. The van der Waals surface area contributed by atoms with E-state index in [1.54, 1.807) is 25.3 Å². The Morgan fingerprint density at radius 1 is 1.18 bits per heavy atom. The average molecular weight is 417 g/mol. The Labute approximate surface area is 172 Å².